The number of fused-ring (bicyclic) bond motifs is 1. The maximum absolute atomic E-state index is 11.9. The quantitative estimate of drug-likeness (QED) is 0.873. The van der Waals surface area contributed by atoms with E-state index in [2.05, 4.69) is 0 Å². The summed E-state index contributed by atoms with van der Waals surface area (Å²) in [4.78, 5) is 25.0. The fraction of sp³-hybridized carbons (Fsp3) is 0.231. The molecule has 0 radical (unpaired) electrons. The van der Waals surface area contributed by atoms with Crippen LogP contribution in [0.5, 0.6) is 0 Å². The number of nitrogens with zero attached hydrogens (tertiary/aromatic N) is 1. The lowest BCUT2D eigenvalue weighted by molar-refractivity contribution is 0.0736. The molecule has 2 aromatic rings. The van der Waals surface area contributed by atoms with Crippen molar-refractivity contribution in [2.75, 3.05) is 20.2 Å². The Bertz CT molecular complexity index is 632. The van der Waals surface area contributed by atoms with Gasteiger partial charge in [0.1, 0.15) is 5.58 Å². The van der Waals surface area contributed by atoms with Gasteiger partial charge < -0.3 is 14.4 Å². The molecule has 1 aromatic heterocycles. The summed E-state index contributed by atoms with van der Waals surface area (Å²) in [5.74, 6) is -0.443. The van der Waals surface area contributed by atoms with Crippen LogP contribution in [-0.4, -0.2) is 36.1 Å². The van der Waals surface area contributed by atoms with Gasteiger partial charge in [0.15, 0.2) is 11.2 Å². The monoisotopic (exact) mass is 247 g/mol. The average Bonchev–Trinajstić information content (AvgIpc) is 2.38. The first-order valence-electron chi connectivity index (χ1n) is 5.52. The fourth-order valence-electron chi connectivity index (χ4n) is 1.65. The Morgan fingerprint density at radius 2 is 2.11 bits per heavy atom. The number of rotatable bonds is 3. The topological polar surface area (TPSA) is 70.8 Å². The van der Waals surface area contributed by atoms with Crippen LogP contribution in [0.2, 0.25) is 0 Å². The van der Waals surface area contributed by atoms with Crippen LogP contribution in [0.25, 0.3) is 11.0 Å². The normalized spacial score (nSPS) is 10.6. The lowest BCUT2D eigenvalue weighted by Crippen LogP contribution is -2.30. The van der Waals surface area contributed by atoms with E-state index in [4.69, 9.17) is 9.52 Å². The largest absolute Gasteiger partial charge is 0.451 e. The summed E-state index contributed by atoms with van der Waals surface area (Å²) in [5.41, 5.74) is 0.128. The van der Waals surface area contributed by atoms with Crippen molar-refractivity contribution in [3.8, 4) is 0 Å². The van der Waals surface area contributed by atoms with Gasteiger partial charge >= 0.3 is 0 Å². The Morgan fingerprint density at radius 3 is 2.83 bits per heavy atom. The van der Waals surface area contributed by atoms with Crippen LogP contribution in [0.15, 0.2) is 39.5 Å². The summed E-state index contributed by atoms with van der Waals surface area (Å²) in [6.07, 6.45) is 0. The molecule has 94 valence electrons. The molecule has 0 saturated carbocycles. The molecule has 0 aliphatic carbocycles. The Morgan fingerprint density at radius 1 is 1.39 bits per heavy atom. The van der Waals surface area contributed by atoms with Crippen molar-refractivity contribution >= 4 is 16.9 Å². The van der Waals surface area contributed by atoms with Crippen molar-refractivity contribution in [2.45, 2.75) is 0 Å². The lowest BCUT2D eigenvalue weighted by atomic mass is 10.2. The van der Waals surface area contributed by atoms with E-state index >= 15 is 0 Å². The molecule has 2 rings (SSSR count). The molecule has 5 nitrogen and oxygen atoms in total. The number of hydrogen-bond acceptors (Lipinski definition) is 4. The Labute approximate surface area is 103 Å². The van der Waals surface area contributed by atoms with Crippen LogP contribution in [0.3, 0.4) is 0 Å². The molecular formula is C13H13NO4. The molecule has 0 unspecified atom stereocenters. The summed E-state index contributed by atoms with van der Waals surface area (Å²) < 4.78 is 5.40. The minimum Gasteiger partial charge on any atom is -0.451 e. The van der Waals surface area contributed by atoms with Crippen molar-refractivity contribution in [3.63, 3.8) is 0 Å². The standard InChI is InChI=1S/C13H13NO4/c1-14(6-7-15)13(17)12-8-10(16)9-4-2-3-5-11(9)18-12/h2-5,8,15H,6-7H2,1H3. The molecule has 5 heteroatoms. The molecule has 0 saturated heterocycles. The Hall–Kier alpha value is -2.14. The van der Waals surface area contributed by atoms with Crippen LogP contribution in [0.1, 0.15) is 10.6 Å². The average molecular weight is 247 g/mol. The van der Waals surface area contributed by atoms with Gasteiger partial charge in [-0.25, -0.2) is 0 Å². The van der Waals surface area contributed by atoms with Crippen LogP contribution >= 0.6 is 0 Å². The number of aliphatic hydroxyl groups excluding tert-OH is 1. The first kappa shape index (κ1) is 12.3. The molecule has 0 aliphatic rings. The first-order chi connectivity index (χ1) is 8.63. The molecule has 1 aromatic carbocycles. The van der Waals surface area contributed by atoms with Crippen LogP contribution in [-0.2, 0) is 0 Å². The third-order valence-electron chi connectivity index (χ3n) is 2.63. The zero-order chi connectivity index (χ0) is 13.1. The van der Waals surface area contributed by atoms with Crippen molar-refractivity contribution in [1.82, 2.24) is 4.90 Å². The lowest BCUT2D eigenvalue weighted by Gasteiger charge is -2.14. The van der Waals surface area contributed by atoms with E-state index in [0.717, 1.165) is 0 Å². The molecule has 0 fully saturated rings. The predicted molar refractivity (Wildman–Crippen MR) is 66.5 cm³/mol. The number of aliphatic hydroxyl groups is 1. The number of carbonyl (C=O) groups is 1. The van der Waals surface area contributed by atoms with Gasteiger partial charge in [-0.15, -0.1) is 0 Å². The summed E-state index contributed by atoms with van der Waals surface area (Å²) >= 11 is 0. The minimum absolute atomic E-state index is 0.0188. The van der Waals surface area contributed by atoms with E-state index in [0.29, 0.717) is 11.0 Å². The highest BCUT2D eigenvalue weighted by molar-refractivity contribution is 5.93. The summed E-state index contributed by atoms with van der Waals surface area (Å²) in [5, 5.41) is 9.22. The number of amides is 1. The number of likely N-dealkylation sites (N-methyl/N-ethyl adjacent to an activating group) is 1. The highest BCUT2D eigenvalue weighted by atomic mass is 16.3. The number of hydrogen-bond donors (Lipinski definition) is 1. The van der Waals surface area contributed by atoms with Gasteiger partial charge in [0.25, 0.3) is 5.91 Å². The van der Waals surface area contributed by atoms with E-state index in [1.54, 1.807) is 24.3 Å². The second-order valence-corrected chi connectivity index (χ2v) is 3.92. The van der Waals surface area contributed by atoms with E-state index in [1.807, 2.05) is 0 Å². The van der Waals surface area contributed by atoms with Crippen molar-refractivity contribution in [1.29, 1.82) is 0 Å². The molecule has 1 amide bonds. The van der Waals surface area contributed by atoms with Gasteiger partial charge in [-0.05, 0) is 12.1 Å². The molecule has 1 N–H and O–H groups in total. The number of benzene rings is 1. The Balaban J connectivity index is 2.47. The van der Waals surface area contributed by atoms with Crippen molar-refractivity contribution < 1.29 is 14.3 Å². The van der Waals surface area contributed by atoms with E-state index in [9.17, 15) is 9.59 Å². The van der Waals surface area contributed by atoms with Gasteiger partial charge in [0, 0.05) is 19.7 Å². The second-order valence-electron chi connectivity index (χ2n) is 3.92. The number of carbonyl (C=O) groups excluding carboxylic acids is 1. The van der Waals surface area contributed by atoms with Crippen molar-refractivity contribution in [3.05, 3.63) is 46.3 Å². The molecule has 18 heavy (non-hydrogen) atoms. The fourth-order valence-corrected chi connectivity index (χ4v) is 1.65. The van der Waals surface area contributed by atoms with Crippen LogP contribution in [0.4, 0.5) is 0 Å². The van der Waals surface area contributed by atoms with Gasteiger partial charge in [-0.2, -0.15) is 0 Å². The number of para-hydroxylation sites is 1. The van der Waals surface area contributed by atoms with E-state index in [1.165, 1.54) is 18.0 Å². The third-order valence-corrected chi connectivity index (χ3v) is 2.63. The molecule has 0 aliphatic heterocycles. The smallest absolute Gasteiger partial charge is 0.289 e. The molecule has 0 atom stereocenters. The summed E-state index contributed by atoms with van der Waals surface area (Å²) in [7, 11) is 1.54. The third kappa shape index (κ3) is 2.26. The summed E-state index contributed by atoms with van der Waals surface area (Å²) in [6.45, 7) is 0.0510. The molecule has 1 heterocycles. The van der Waals surface area contributed by atoms with Crippen molar-refractivity contribution in [2.24, 2.45) is 0 Å². The molecular weight excluding hydrogens is 234 g/mol. The van der Waals surface area contributed by atoms with Gasteiger partial charge in [-0.1, -0.05) is 12.1 Å². The highest BCUT2D eigenvalue weighted by Crippen LogP contribution is 2.12. The molecule has 0 bridgehead atoms. The van der Waals surface area contributed by atoms with Crippen LogP contribution < -0.4 is 5.43 Å². The SMILES string of the molecule is CN(CCO)C(=O)c1cc(=O)c2ccccc2o1. The maximum atomic E-state index is 11.9. The highest BCUT2D eigenvalue weighted by Gasteiger charge is 2.15. The summed E-state index contributed by atoms with van der Waals surface area (Å²) in [6, 6.07) is 7.93. The Kier molecular flexibility index (Phi) is 3.43. The van der Waals surface area contributed by atoms with Gasteiger partial charge in [0.05, 0.1) is 12.0 Å². The first-order valence-corrected chi connectivity index (χ1v) is 5.52. The zero-order valence-corrected chi connectivity index (χ0v) is 9.92. The van der Waals surface area contributed by atoms with Crippen LogP contribution in [0, 0.1) is 0 Å². The van der Waals surface area contributed by atoms with E-state index < -0.39 is 5.91 Å². The zero-order valence-electron chi connectivity index (χ0n) is 9.92. The maximum Gasteiger partial charge on any atom is 0.289 e. The molecule has 0 spiro atoms. The van der Waals surface area contributed by atoms with E-state index in [-0.39, 0.29) is 24.3 Å². The predicted octanol–water partition coefficient (Wildman–Crippen LogP) is 0.857. The van der Waals surface area contributed by atoms with Gasteiger partial charge in [-0.3, -0.25) is 9.59 Å². The second kappa shape index (κ2) is 5.01. The van der Waals surface area contributed by atoms with Gasteiger partial charge in [0.2, 0.25) is 0 Å². The minimum atomic E-state index is -0.424.